The highest BCUT2D eigenvalue weighted by atomic mass is 16.5. The zero-order chi connectivity index (χ0) is 10.1. The van der Waals surface area contributed by atoms with E-state index in [0.717, 1.165) is 10.5 Å². The molecule has 0 saturated heterocycles. The normalized spacial score (nSPS) is 10.4. The van der Waals surface area contributed by atoms with Crippen molar-refractivity contribution in [2.24, 2.45) is 0 Å². The third-order valence-electron chi connectivity index (χ3n) is 2.10. The summed E-state index contributed by atoms with van der Waals surface area (Å²) in [6.07, 6.45) is 1.46. The Hall–Kier alpha value is -2.04. The highest BCUT2D eigenvalue weighted by Gasteiger charge is 2.12. The van der Waals surface area contributed by atoms with Gasteiger partial charge in [-0.25, -0.2) is 0 Å². The summed E-state index contributed by atoms with van der Waals surface area (Å²) >= 11 is 0. The minimum Gasteiger partial charge on any atom is -0.411 e. The Labute approximate surface area is 80.4 Å². The molecule has 0 spiro atoms. The average molecular weight is 190 g/mol. The summed E-state index contributed by atoms with van der Waals surface area (Å²) in [5.74, 6) is 0. The predicted molar refractivity (Wildman–Crippen MR) is 51.4 cm³/mol. The van der Waals surface area contributed by atoms with Crippen LogP contribution in [0.5, 0.6) is 0 Å². The number of anilines is 1. The van der Waals surface area contributed by atoms with Gasteiger partial charge in [0.25, 0.3) is 0 Å². The molecule has 2 aliphatic rings. The number of nitrogens with one attached hydrogen (secondary N) is 2. The van der Waals surface area contributed by atoms with E-state index in [0.29, 0.717) is 16.6 Å². The highest BCUT2D eigenvalue weighted by molar-refractivity contribution is 5.74. The third-order valence-corrected chi connectivity index (χ3v) is 2.10. The van der Waals surface area contributed by atoms with Crippen LogP contribution in [0.4, 0.5) is 5.69 Å². The Morgan fingerprint density at radius 1 is 1.43 bits per heavy atom. The molecule has 2 rings (SSSR count). The number of rotatable bonds is 1. The molecule has 0 saturated carbocycles. The smallest absolute Gasteiger partial charge is 0.133 e. The number of benzene rings is 1. The maximum atomic E-state index is 9.49. The largest absolute Gasteiger partial charge is 0.411 e. The van der Waals surface area contributed by atoms with Crippen molar-refractivity contribution < 1.29 is 5.21 Å². The zero-order valence-electron chi connectivity index (χ0n) is 7.65. The fourth-order valence-electron chi connectivity index (χ4n) is 1.42. The van der Waals surface area contributed by atoms with E-state index in [1.807, 2.05) is 0 Å². The van der Waals surface area contributed by atoms with Crippen molar-refractivity contribution in [1.82, 2.24) is 9.94 Å². The van der Waals surface area contributed by atoms with Crippen molar-refractivity contribution in [3.8, 4) is 11.3 Å². The molecule has 1 heterocycles. The molecule has 0 aromatic carbocycles. The van der Waals surface area contributed by atoms with Crippen LogP contribution in [0.15, 0.2) is 24.4 Å². The second-order valence-electron chi connectivity index (χ2n) is 2.89. The minimum atomic E-state index is 0.365. The van der Waals surface area contributed by atoms with Crippen LogP contribution in [0.1, 0.15) is 0 Å². The van der Waals surface area contributed by atoms with Crippen LogP contribution in [0.25, 0.3) is 11.3 Å². The van der Waals surface area contributed by atoms with Gasteiger partial charge in [0.1, 0.15) is 5.69 Å². The van der Waals surface area contributed by atoms with Gasteiger partial charge in [-0.15, -0.1) is 5.10 Å². The van der Waals surface area contributed by atoms with Crippen molar-refractivity contribution in [3.63, 3.8) is 0 Å². The maximum absolute atomic E-state index is 9.49. The predicted octanol–water partition coefficient (Wildman–Crippen LogP) is 0.746. The van der Waals surface area contributed by atoms with Crippen LogP contribution in [0.2, 0.25) is 0 Å². The third kappa shape index (κ3) is 1.10. The number of aromatic nitrogens is 2. The van der Waals surface area contributed by atoms with E-state index in [4.69, 9.17) is 5.41 Å². The molecule has 14 heavy (non-hydrogen) atoms. The molecule has 0 amide bonds. The molecule has 0 unspecified atom stereocenters. The van der Waals surface area contributed by atoms with Gasteiger partial charge in [0, 0.05) is 12.6 Å². The van der Waals surface area contributed by atoms with Crippen molar-refractivity contribution in [2.45, 2.75) is 0 Å². The SMILES string of the molecule is CNc1ccc(=N)c2ccnn(O)c1-2. The van der Waals surface area contributed by atoms with Crippen LogP contribution in [-0.2, 0) is 0 Å². The molecule has 5 heteroatoms. The van der Waals surface area contributed by atoms with Crippen molar-refractivity contribution in [3.05, 3.63) is 29.8 Å². The first-order valence-corrected chi connectivity index (χ1v) is 4.16. The lowest BCUT2D eigenvalue weighted by molar-refractivity contribution is 0.149. The Bertz CT molecular complexity index is 491. The number of hydrogen-bond donors (Lipinski definition) is 3. The molecule has 0 atom stereocenters. The van der Waals surface area contributed by atoms with E-state index in [1.54, 1.807) is 25.2 Å². The molecule has 0 fully saturated rings. The fraction of sp³-hybridized carbons (Fsp3) is 0.111. The summed E-state index contributed by atoms with van der Waals surface area (Å²) in [5, 5.41) is 24.1. The van der Waals surface area contributed by atoms with Crippen molar-refractivity contribution in [2.75, 3.05) is 12.4 Å². The summed E-state index contributed by atoms with van der Waals surface area (Å²) in [5.41, 5.74) is 1.92. The van der Waals surface area contributed by atoms with Gasteiger partial charge in [-0.2, -0.15) is 0 Å². The van der Waals surface area contributed by atoms with Gasteiger partial charge < -0.3 is 15.9 Å². The molecule has 0 aromatic rings. The molecule has 0 bridgehead atoms. The van der Waals surface area contributed by atoms with E-state index in [9.17, 15) is 5.21 Å². The molecule has 0 aromatic heterocycles. The quantitative estimate of drug-likeness (QED) is 0.581. The fourth-order valence-corrected chi connectivity index (χ4v) is 1.42. The first-order valence-electron chi connectivity index (χ1n) is 4.16. The van der Waals surface area contributed by atoms with Gasteiger partial charge in [0.05, 0.1) is 17.2 Å². The second-order valence-corrected chi connectivity index (χ2v) is 2.89. The molecule has 1 aliphatic carbocycles. The minimum absolute atomic E-state index is 0.365. The molecular weight excluding hydrogens is 180 g/mol. The number of nitrogens with zero attached hydrogens (tertiary/aromatic N) is 2. The molecule has 5 nitrogen and oxygen atoms in total. The van der Waals surface area contributed by atoms with E-state index >= 15 is 0 Å². The van der Waals surface area contributed by atoms with Gasteiger partial charge in [0.15, 0.2) is 0 Å². The Balaban J connectivity index is 2.89. The van der Waals surface area contributed by atoms with Crippen LogP contribution in [0.3, 0.4) is 0 Å². The highest BCUT2D eigenvalue weighted by Crippen LogP contribution is 2.23. The lowest BCUT2D eigenvalue weighted by Gasteiger charge is -2.12. The Morgan fingerprint density at radius 3 is 2.93 bits per heavy atom. The van der Waals surface area contributed by atoms with Gasteiger partial charge in [-0.05, 0) is 18.2 Å². The summed E-state index contributed by atoms with van der Waals surface area (Å²) < 4.78 is 0. The van der Waals surface area contributed by atoms with Gasteiger partial charge in [0.2, 0.25) is 0 Å². The molecule has 1 aliphatic heterocycles. The van der Waals surface area contributed by atoms with Crippen molar-refractivity contribution >= 4 is 5.69 Å². The lowest BCUT2D eigenvalue weighted by Crippen LogP contribution is -2.14. The monoisotopic (exact) mass is 190 g/mol. The van der Waals surface area contributed by atoms with Gasteiger partial charge in [-0.3, -0.25) is 0 Å². The summed E-state index contributed by atoms with van der Waals surface area (Å²) in [7, 11) is 1.76. The number of hydrogen-bond acceptors (Lipinski definition) is 4. The summed E-state index contributed by atoms with van der Waals surface area (Å²) in [4.78, 5) is 0.777. The lowest BCUT2D eigenvalue weighted by atomic mass is 10.1. The summed E-state index contributed by atoms with van der Waals surface area (Å²) in [6, 6.07) is 5.11. The van der Waals surface area contributed by atoms with E-state index in [2.05, 4.69) is 10.4 Å². The first kappa shape index (κ1) is 8.55. The maximum Gasteiger partial charge on any atom is 0.133 e. The topological polar surface area (TPSA) is 73.9 Å². The Morgan fingerprint density at radius 2 is 2.21 bits per heavy atom. The zero-order valence-corrected chi connectivity index (χ0v) is 7.65. The van der Waals surface area contributed by atoms with Crippen LogP contribution < -0.4 is 10.7 Å². The molecular formula is C9H10N4O. The first-order chi connectivity index (χ1) is 6.74. The number of fused-ring (bicyclic) bond motifs is 1. The van der Waals surface area contributed by atoms with Crippen LogP contribution >= 0.6 is 0 Å². The van der Waals surface area contributed by atoms with Gasteiger partial charge >= 0.3 is 0 Å². The second kappa shape index (κ2) is 3.02. The van der Waals surface area contributed by atoms with E-state index in [1.165, 1.54) is 6.20 Å². The van der Waals surface area contributed by atoms with Gasteiger partial charge in [-0.1, -0.05) is 4.85 Å². The average Bonchev–Trinajstić information content (AvgIpc) is 2.20. The molecule has 0 radical (unpaired) electrons. The van der Waals surface area contributed by atoms with Crippen LogP contribution in [-0.4, -0.2) is 22.2 Å². The standard InChI is InChI=1S/C9H10N4O/c1-11-8-3-2-7(10)6-4-5-12-13(14)9(6)8/h2-5,10-11,14H,1H3. The summed E-state index contributed by atoms with van der Waals surface area (Å²) in [6.45, 7) is 0. The Kier molecular flexibility index (Phi) is 1.85. The molecule has 72 valence electrons. The molecule has 3 N–H and O–H groups in total. The van der Waals surface area contributed by atoms with Crippen molar-refractivity contribution in [1.29, 1.82) is 5.41 Å². The van der Waals surface area contributed by atoms with E-state index < -0.39 is 0 Å². The van der Waals surface area contributed by atoms with Crippen LogP contribution in [0, 0.1) is 5.41 Å². The van der Waals surface area contributed by atoms with E-state index in [-0.39, 0.29) is 0 Å².